The standard InChI is InChI=1S/C19H17ClN2O3/c20-15-3-1-2-13(10-15)11-18-21-16-5-4-14(12-17(16)25-18)19(23)22-6-8-24-9-7-22/h1-5,10,12H,6-9,11H2. The summed E-state index contributed by atoms with van der Waals surface area (Å²) in [4.78, 5) is 18.9. The summed E-state index contributed by atoms with van der Waals surface area (Å²) in [5.41, 5.74) is 3.01. The predicted molar refractivity (Wildman–Crippen MR) is 95.0 cm³/mol. The zero-order valence-corrected chi connectivity index (χ0v) is 14.3. The largest absolute Gasteiger partial charge is 0.440 e. The van der Waals surface area contributed by atoms with E-state index in [-0.39, 0.29) is 5.91 Å². The van der Waals surface area contributed by atoms with Gasteiger partial charge in [-0.1, -0.05) is 23.7 Å². The molecule has 0 spiro atoms. The summed E-state index contributed by atoms with van der Waals surface area (Å²) >= 11 is 6.02. The number of amides is 1. The van der Waals surface area contributed by atoms with Crippen LogP contribution in [0.5, 0.6) is 0 Å². The average Bonchev–Trinajstić information content (AvgIpc) is 3.03. The average molecular weight is 357 g/mol. The van der Waals surface area contributed by atoms with Crippen LogP contribution in [-0.4, -0.2) is 42.1 Å². The summed E-state index contributed by atoms with van der Waals surface area (Å²) in [5, 5.41) is 0.687. The number of carbonyl (C=O) groups excluding carboxylic acids is 1. The molecule has 3 aromatic rings. The number of rotatable bonds is 3. The maximum absolute atomic E-state index is 12.6. The first kappa shape index (κ1) is 16.1. The SMILES string of the molecule is O=C(c1ccc2nc(Cc3cccc(Cl)c3)oc2c1)N1CCOCC1. The Labute approximate surface area is 150 Å². The Morgan fingerprint density at radius 3 is 2.80 bits per heavy atom. The maximum Gasteiger partial charge on any atom is 0.254 e. The van der Waals surface area contributed by atoms with Gasteiger partial charge in [0.25, 0.3) is 5.91 Å². The molecule has 0 aliphatic carbocycles. The van der Waals surface area contributed by atoms with Crippen LogP contribution < -0.4 is 0 Å². The highest BCUT2D eigenvalue weighted by Crippen LogP contribution is 2.21. The van der Waals surface area contributed by atoms with Crippen LogP contribution in [0, 0.1) is 0 Å². The number of benzene rings is 2. The van der Waals surface area contributed by atoms with E-state index in [1.807, 2.05) is 30.3 Å². The third-order valence-corrected chi connectivity index (χ3v) is 4.46. The Kier molecular flexibility index (Phi) is 4.42. The number of fused-ring (bicyclic) bond motifs is 1. The zero-order valence-electron chi connectivity index (χ0n) is 13.6. The first-order chi connectivity index (χ1) is 12.2. The predicted octanol–water partition coefficient (Wildman–Crippen LogP) is 3.54. The van der Waals surface area contributed by atoms with Gasteiger partial charge in [0, 0.05) is 30.1 Å². The van der Waals surface area contributed by atoms with E-state index in [0.717, 1.165) is 11.1 Å². The molecule has 1 aliphatic rings. The topological polar surface area (TPSA) is 55.6 Å². The smallest absolute Gasteiger partial charge is 0.254 e. The summed E-state index contributed by atoms with van der Waals surface area (Å²) in [6.07, 6.45) is 0.558. The number of halogens is 1. The number of hydrogen-bond donors (Lipinski definition) is 0. The summed E-state index contributed by atoms with van der Waals surface area (Å²) in [7, 11) is 0. The molecule has 0 unspecified atom stereocenters. The molecule has 5 nitrogen and oxygen atoms in total. The first-order valence-corrected chi connectivity index (χ1v) is 8.58. The molecule has 1 fully saturated rings. The van der Waals surface area contributed by atoms with E-state index in [2.05, 4.69) is 4.98 Å². The van der Waals surface area contributed by atoms with Gasteiger partial charge in [-0.2, -0.15) is 0 Å². The van der Waals surface area contributed by atoms with Gasteiger partial charge in [0.1, 0.15) is 5.52 Å². The molecule has 1 saturated heterocycles. The summed E-state index contributed by atoms with van der Waals surface area (Å²) in [5.74, 6) is 0.603. The van der Waals surface area contributed by atoms with Crippen LogP contribution in [0.3, 0.4) is 0 Å². The van der Waals surface area contributed by atoms with E-state index in [1.54, 1.807) is 17.0 Å². The van der Waals surface area contributed by atoms with Crippen molar-refractivity contribution in [2.45, 2.75) is 6.42 Å². The minimum atomic E-state index is -0.00186. The van der Waals surface area contributed by atoms with Gasteiger partial charge in [-0.3, -0.25) is 4.79 Å². The molecule has 1 aliphatic heterocycles. The Morgan fingerprint density at radius 1 is 1.16 bits per heavy atom. The Bertz CT molecular complexity index is 916. The monoisotopic (exact) mass is 356 g/mol. The van der Waals surface area contributed by atoms with Gasteiger partial charge in [-0.15, -0.1) is 0 Å². The van der Waals surface area contributed by atoms with E-state index in [1.165, 1.54) is 0 Å². The number of morpholine rings is 1. The number of carbonyl (C=O) groups is 1. The van der Waals surface area contributed by atoms with E-state index >= 15 is 0 Å². The number of hydrogen-bond acceptors (Lipinski definition) is 4. The van der Waals surface area contributed by atoms with Crippen molar-refractivity contribution in [1.82, 2.24) is 9.88 Å². The molecule has 1 aromatic heterocycles. The van der Waals surface area contributed by atoms with E-state index < -0.39 is 0 Å². The molecule has 25 heavy (non-hydrogen) atoms. The highest BCUT2D eigenvalue weighted by molar-refractivity contribution is 6.30. The van der Waals surface area contributed by atoms with Crippen LogP contribution in [0.25, 0.3) is 11.1 Å². The van der Waals surface area contributed by atoms with Crippen LogP contribution in [0.4, 0.5) is 0 Å². The molecular formula is C19H17ClN2O3. The molecule has 0 bridgehead atoms. The Hall–Kier alpha value is -2.37. The van der Waals surface area contributed by atoms with Crippen LogP contribution in [0.15, 0.2) is 46.9 Å². The second-order valence-corrected chi connectivity index (χ2v) is 6.44. The second-order valence-electron chi connectivity index (χ2n) is 6.00. The zero-order chi connectivity index (χ0) is 17.2. The number of ether oxygens (including phenoxy) is 1. The van der Waals surface area contributed by atoms with Crippen molar-refractivity contribution in [2.75, 3.05) is 26.3 Å². The molecule has 1 amide bonds. The molecule has 6 heteroatoms. The van der Waals surface area contributed by atoms with Crippen LogP contribution in [0.2, 0.25) is 5.02 Å². The van der Waals surface area contributed by atoms with Gasteiger partial charge in [0.15, 0.2) is 11.5 Å². The molecule has 4 rings (SSSR count). The lowest BCUT2D eigenvalue weighted by Gasteiger charge is -2.26. The Balaban J connectivity index is 1.57. The molecule has 2 heterocycles. The first-order valence-electron chi connectivity index (χ1n) is 8.20. The minimum absolute atomic E-state index is 0.00186. The lowest BCUT2D eigenvalue weighted by atomic mass is 10.1. The van der Waals surface area contributed by atoms with E-state index in [9.17, 15) is 4.79 Å². The van der Waals surface area contributed by atoms with Gasteiger partial charge in [-0.25, -0.2) is 4.98 Å². The molecule has 2 aromatic carbocycles. The fraction of sp³-hybridized carbons (Fsp3) is 0.263. The normalized spacial score (nSPS) is 14.8. The fourth-order valence-electron chi connectivity index (χ4n) is 2.95. The summed E-state index contributed by atoms with van der Waals surface area (Å²) in [6.45, 7) is 2.40. The number of oxazole rings is 1. The molecular weight excluding hydrogens is 340 g/mol. The van der Waals surface area contributed by atoms with Crippen molar-refractivity contribution >= 4 is 28.6 Å². The highest BCUT2D eigenvalue weighted by Gasteiger charge is 2.19. The molecule has 0 atom stereocenters. The van der Waals surface area contributed by atoms with Crippen molar-refractivity contribution in [3.63, 3.8) is 0 Å². The maximum atomic E-state index is 12.6. The lowest BCUT2D eigenvalue weighted by Crippen LogP contribution is -2.40. The minimum Gasteiger partial charge on any atom is -0.440 e. The van der Waals surface area contributed by atoms with Gasteiger partial charge in [-0.05, 0) is 35.9 Å². The molecule has 0 saturated carbocycles. The van der Waals surface area contributed by atoms with Gasteiger partial charge in [0.05, 0.1) is 13.2 Å². The van der Waals surface area contributed by atoms with Crippen molar-refractivity contribution < 1.29 is 13.9 Å². The van der Waals surface area contributed by atoms with Crippen molar-refractivity contribution in [3.05, 3.63) is 64.5 Å². The summed E-state index contributed by atoms with van der Waals surface area (Å²) < 4.78 is 11.1. The van der Waals surface area contributed by atoms with Crippen LogP contribution in [0.1, 0.15) is 21.8 Å². The van der Waals surface area contributed by atoms with Crippen molar-refractivity contribution in [1.29, 1.82) is 0 Å². The third-order valence-electron chi connectivity index (χ3n) is 4.22. The van der Waals surface area contributed by atoms with Gasteiger partial charge in [0.2, 0.25) is 0 Å². The van der Waals surface area contributed by atoms with E-state index in [0.29, 0.717) is 54.8 Å². The fourth-order valence-corrected chi connectivity index (χ4v) is 3.16. The van der Waals surface area contributed by atoms with Crippen molar-refractivity contribution in [3.8, 4) is 0 Å². The third kappa shape index (κ3) is 3.52. The number of nitrogens with zero attached hydrogens (tertiary/aromatic N) is 2. The summed E-state index contributed by atoms with van der Waals surface area (Å²) in [6, 6.07) is 13.0. The molecule has 0 radical (unpaired) electrons. The highest BCUT2D eigenvalue weighted by atomic mass is 35.5. The van der Waals surface area contributed by atoms with E-state index in [4.69, 9.17) is 20.8 Å². The van der Waals surface area contributed by atoms with Crippen molar-refractivity contribution in [2.24, 2.45) is 0 Å². The lowest BCUT2D eigenvalue weighted by molar-refractivity contribution is 0.0303. The molecule has 128 valence electrons. The molecule has 0 N–H and O–H groups in total. The quantitative estimate of drug-likeness (QED) is 0.720. The van der Waals surface area contributed by atoms with Crippen LogP contribution in [-0.2, 0) is 11.2 Å². The van der Waals surface area contributed by atoms with Gasteiger partial charge >= 0.3 is 0 Å². The Morgan fingerprint density at radius 2 is 2.00 bits per heavy atom. The van der Waals surface area contributed by atoms with Crippen LogP contribution >= 0.6 is 11.6 Å². The number of aromatic nitrogens is 1. The van der Waals surface area contributed by atoms with Gasteiger partial charge < -0.3 is 14.1 Å². The second kappa shape index (κ2) is 6.86.